The van der Waals surface area contributed by atoms with Crippen molar-refractivity contribution in [3.05, 3.63) is 40.5 Å². The Labute approximate surface area is 117 Å². The number of rotatable bonds is 5. The Morgan fingerprint density at radius 2 is 2.00 bits per heavy atom. The van der Waals surface area contributed by atoms with Crippen LogP contribution in [-0.2, 0) is 6.54 Å². The van der Waals surface area contributed by atoms with Crippen molar-refractivity contribution in [3.8, 4) is 5.75 Å². The van der Waals surface area contributed by atoms with E-state index in [0.29, 0.717) is 18.0 Å². The number of benzene rings is 1. The van der Waals surface area contributed by atoms with Gasteiger partial charge in [-0.25, -0.2) is 4.98 Å². The highest BCUT2D eigenvalue weighted by Crippen LogP contribution is 2.37. The van der Waals surface area contributed by atoms with E-state index in [1.165, 1.54) is 18.5 Å². The van der Waals surface area contributed by atoms with Gasteiger partial charge in [0.15, 0.2) is 12.1 Å². The van der Waals surface area contributed by atoms with Gasteiger partial charge in [0.1, 0.15) is 5.76 Å². The Hall–Kier alpha value is -1.53. The predicted octanol–water partition coefficient (Wildman–Crippen LogP) is 4.19. The second-order valence-electron chi connectivity index (χ2n) is 3.47. The second-order valence-corrected chi connectivity index (χ2v) is 4.28. The van der Waals surface area contributed by atoms with Gasteiger partial charge in [-0.2, -0.15) is 8.78 Å². The molecule has 0 atom stereocenters. The molecule has 1 N–H and O–H groups in total. The number of hydrogen-bond acceptors (Lipinski definition) is 4. The fourth-order valence-electron chi connectivity index (χ4n) is 1.38. The van der Waals surface area contributed by atoms with Crippen LogP contribution in [0.4, 0.5) is 14.5 Å². The van der Waals surface area contributed by atoms with Crippen molar-refractivity contribution in [3.63, 3.8) is 0 Å². The highest BCUT2D eigenvalue weighted by Gasteiger charge is 2.14. The van der Waals surface area contributed by atoms with Gasteiger partial charge in [-0.05, 0) is 12.1 Å². The molecular formula is C11H8Cl2F2N2O2. The Kier molecular flexibility index (Phi) is 4.44. The molecule has 1 aromatic carbocycles. The maximum absolute atomic E-state index is 12.1. The normalized spacial score (nSPS) is 10.8. The number of hydrogen-bond donors (Lipinski definition) is 1. The molecule has 0 unspecified atom stereocenters. The number of alkyl halides is 2. The maximum Gasteiger partial charge on any atom is 0.387 e. The summed E-state index contributed by atoms with van der Waals surface area (Å²) in [6.45, 7) is -2.62. The molecule has 0 saturated heterocycles. The largest absolute Gasteiger partial charge is 0.447 e. The van der Waals surface area contributed by atoms with Gasteiger partial charge in [-0.1, -0.05) is 23.2 Å². The highest BCUT2D eigenvalue weighted by atomic mass is 35.5. The number of halogens is 4. The van der Waals surface area contributed by atoms with Crippen LogP contribution in [0.5, 0.6) is 5.75 Å². The molecule has 0 spiro atoms. The number of nitrogens with one attached hydrogen (secondary N) is 1. The summed E-state index contributed by atoms with van der Waals surface area (Å²) in [5.41, 5.74) is 0.549. The molecule has 2 rings (SSSR count). The zero-order valence-electron chi connectivity index (χ0n) is 9.37. The molecule has 0 bridgehead atoms. The summed E-state index contributed by atoms with van der Waals surface area (Å²) in [6.07, 6.45) is 2.85. The van der Waals surface area contributed by atoms with Crippen LogP contribution in [0.25, 0.3) is 0 Å². The number of aromatic nitrogens is 1. The molecule has 1 aromatic heterocycles. The lowest BCUT2D eigenvalue weighted by molar-refractivity contribution is -0.0497. The first-order chi connectivity index (χ1) is 9.06. The zero-order valence-corrected chi connectivity index (χ0v) is 10.9. The molecule has 8 heteroatoms. The topological polar surface area (TPSA) is 47.3 Å². The molecule has 0 aliphatic carbocycles. The van der Waals surface area contributed by atoms with Gasteiger partial charge in [-0.15, -0.1) is 0 Å². The number of anilines is 1. The van der Waals surface area contributed by atoms with E-state index in [0.717, 1.165) is 0 Å². The minimum Gasteiger partial charge on any atom is -0.447 e. The molecule has 0 amide bonds. The molecule has 0 radical (unpaired) electrons. The lowest BCUT2D eigenvalue weighted by Gasteiger charge is -2.11. The fraction of sp³-hybridized carbons (Fsp3) is 0.182. The van der Waals surface area contributed by atoms with Gasteiger partial charge in [0, 0.05) is 5.69 Å². The molecule has 19 heavy (non-hydrogen) atoms. The van der Waals surface area contributed by atoms with E-state index in [-0.39, 0.29) is 15.8 Å². The SMILES string of the molecule is FC(F)Oc1c(Cl)cc(NCc2cnco2)cc1Cl. The van der Waals surface area contributed by atoms with Crippen molar-refractivity contribution in [1.29, 1.82) is 0 Å². The third kappa shape index (κ3) is 3.71. The summed E-state index contributed by atoms with van der Waals surface area (Å²) in [5.74, 6) is 0.365. The van der Waals surface area contributed by atoms with E-state index in [9.17, 15) is 8.78 Å². The van der Waals surface area contributed by atoms with Crippen molar-refractivity contribution in [2.75, 3.05) is 5.32 Å². The van der Waals surface area contributed by atoms with Crippen LogP contribution in [-0.4, -0.2) is 11.6 Å². The molecule has 1 heterocycles. The molecule has 0 saturated carbocycles. The molecular weight excluding hydrogens is 301 g/mol. The van der Waals surface area contributed by atoms with Gasteiger partial charge < -0.3 is 14.5 Å². The Morgan fingerprint density at radius 3 is 2.53 bits per heavy atom. The summed E-state index contributed by atoms with van der Waals surface area (Å²) in [6, 6.07) is 2.86. The van der Waals surface area contributed by atoms with Gasteiger partial charge in [0.25, 0.3) is 0 Å². The van der Waals surface area contributed by atoms with Crippen LogP contribution in [0.3, 0.4) is 0 Å². The molecule has 4 nitrogen and oxygen atoms in total. The van der Waals surface area contributed by atoms with Crippen LogP contribution in [0, 0.1) is 0 Å². The Bertz CT molecular complexity index is 527. The van der Waals surface area contributed by atoms with Crippen LogP contribution in [0.15, 0.2) is 29.1 Å². The molecule has 0 aliphatic rings. The first kappa shape index (κ1) is 13.9. The summed E-state index contributed by atoms with van der Waals surface area (Å²) >= 11 is 11.6. The van der Waals surface area contributed by atoms with Crippen molar-refractivity contribution >= 4 is 28.9 Å². The van der Waals surface area contributed by atoms with Crippen LogP contribution in [0.1, 0.15) is 5.76 Å². The minimum absolute atomic E-state index is 0.00660. The minimum atomic E-state index is -2.98. The van der Waals surface area contributed by atoms with E-state index in [1.807, 2.05) is 0 Å². The van der Waals surface area contributed by atoms with Gasteiger partial charge in [-0.3, -0.25) is 0 Å². The number of ether oxygens (including phenoxy) is 1. The van der Waals surface area contributed by atoms with E-state index in [2.05, 4.69) is 15.0 Å². The van der Waals surface area contributed by atoms with E-state index in [1.54, 1.807) is 6.20 Å². The second kappa shape index (κ2) is 6.08. The van der Waals surface area contributed by atoms with Crippen molar-refractivity contribution < 1.29 is 17.9 Å². The lowest BCUT2D eigenvalue weighted by Crippen LogP contribution is -2.04. The number of nitrogens with zero attached hydrogens (tertiary/aromatic N) is 1. The van der Waals surface area contributed by atoms with E-state index in [4.69, 9.17) is 27.6 Å². The van der Waals surface area contributed by atoms with E-state index >= 15 is 0 Å². The van der Waals surface area contributed by atoms with E-state index < -0.39 is 6.61 Å². The van der Waals surface area contributed by atoms with Gasteiger partial charge in [0.2, 0.25) is 0 Å². The maximum atomic E-state index is 12.1. The Balaban J connectivity index is 2.10. The third-order valence-corrected chi connectivity index (χ3v) is 2.72. The number of oxazole rings is 1. The van der Waals surface area contributed by atoms with Crippen LogP contribution in [0.2, 0.25) is 10.0 Å². The van der Waals surface area contributed by atoms with Crippen molar-refractivity contribution in [2.45, 2.75) is 13.2 Å². The first-order valence-corrected chi connectivity index (χ1v) is 5.87. The molecule has 0 fully saturated rings. The average molecular weight is 309 g/mol. The van der Waals surface area contributed by atoms with Gasteiger partial charge >= 0.3 is 6.61 Å². The summed E-state index contributed by atoms with van der Waals surface area (Å²) in [4.78, 5) is 3.75. The van der Waals surface area contributed by atoms with Crippen LogP contribution >= 0.6 is 23.2 Å². The molecule has 2 aromatic rings. The van der Waals surface area contributed by atoms with Crippen molar-refractivity contribution in [2.24, 2.45) is 0 Å². The first-order valence-electron chi connectivity index (χ1n) is 5.11. The summed E-state index contributed by atoms with van der Waals surface area (Å²) < 4.78 is 33.5. The monoisotopic (exact) mass is 308 g/mol. The standard InChI is InChI=1S/C11H8Cl2F2N2O2/c12-8-1-6(17-4-7-3-16-5-18-7)2-9(13)10(8)19-11(14)15/h1-3,5,11,17H,4H2. The fourth-order valence-corrected chi connectivity index (χ4v) is 1.96. The summed E-state index contributed by atoms with van der Waals surface area (Å²) in [5, 5.41) is 2.95. The highest BCUT2D eigenvalue weighted by molar-refractivity contribution is 6.37. The lowest BCUT2D eigenvalue weighted by atomic mass is 10.3. The Morgan fingerprint density at radius 1 is 1.32 bits per heavy atom. The van der Waals surface area contributed by atoms with Crippen LogP contribution < -0.4 is 10.1 Å². The molecule has 0 aliphatic heterocycles. The van der Waals surface area contributed by atoms with Crippen molar-refractivity contribution in [1.82, 2.24) is 4.98 Å². The zero-order chi connectivity index (χ0) is 13.8. The summed E-state index contributed by atoms with van der Waals surface area (Å²) in [7, 11) is 0. The predicted molar refractivity (Wildman–Crippen MR) is 66.9 cm³/mol. The van der Waals surface area contributed by atoms with Gasteiger partial charge in [0.05, 0.1) is 22.8 Å². The quantitative estimate of drug-likeness (QED) is 0.899. The smallest absolute Gasteiger partial charge is 0.387 e. The average Bonchev–Trinajstić information content (AvgIpc) is 2.84. The third-order valence-electron chi connectivity index (χ3n) is 2.16. The molecule has 102 valence electrons.